The first-order chi connectivity index (χ1) is 8.02. The monoisotopic (exact) mass is 232 g/mol. The van der Waals surface area contributed by atoms with E-state index in [2.05, 4.69) is 0 Å². The van der Waals surface area contributed by atoms with Gasteiger partial charge in [0, 0.05) is 17.4 Å². The number of furan rings is 1. The summed E-state index contributed by atoms with van der Waals surface area (Å²) in [5.74, 6) is -1.18. The molecule has 4 heteroatoms. The highest BCUT2D eigenvalue weighted by Crippen LogP contribution is 2.24. The standard InChI is InChI=1S/C13H12O4/c1-3-10(14)9-5-8-6-12(13(15)16)17-11(8)4-7(9)2/h4-6H,3H2,1-2H3,(H,15,16). The topological polar surface area (TPSA) is 67.5 Å². The number of fused-ring (bicyclic) bond motifs is 1. The third-order valence-electron chi connectivity index (χ3n) is 2.70. The average molecular weight is 232 g/mol. The van der Waals surface area contributed by atoms with Crippen LogP contribution in [-0.4, -0.2) is 16.9 Å². The van der Waals surface area contributed by atoms with Crippen molar-refractivity contribution >= 4 is 22.7 Å². The zero-order chi connectivity index (χ0) is 12.6. The van der Waals surface area contributed by atoms with Crippen LogP contribution in [0, 0.1) is 6.92 Å². The zero-order valence-electron chi connectivity index (χ0n) is 9.61. The fraction of sp³-hybridized carbons (Fsp3) is 0.231. The van der Waals surface area contributed by atoms with E-state index in [1.54, 1.807) is 19.1 Å². The van der Waals surface area contributed by atoms with Crippen molar-refractivity contribution in [2.24, 2.45) is 0 Å². The number of hydrogen-bond donors (Lipinski definition) is 1. The predicted molar refractivity (Wildman–Crippen MR) is 62.5 cm³/mol. The molecule has 2 aromatic rings. The summed E-state index contributed by atoms with van der Waals surface area (Å²) in [5, 5.41) is 9.46. The lowest BCUT2D eigenvalue weighted by Gasteiger charge is -2.02. The first-order valence-electron chi connectivity index (χ1n) is 5.33. The van der Waals surface area contributed by atoms with E-state index in [9.17, 15) is 9.59 Å². The Hall–Kier alpha value is -2.10. The minimum Gasteiger partial charge on any atom is -0.475 e. The number of Topliss-reactive ketones (excluding diaryl/α,β-unsaturated/α-hetero) is 1. The number of aromatic carboxylic acids is 1. The molecule has 1 N–H and O–H groups in total. The largest absolute Gasteiger partial charge is 0.475 e. The third kappa shape index (κ3) is 1.93. The number of hydrogen-bond acceptors (Lipinski definition) is 3. The van der Waals surface area contributed by atoms with Gasteiger partial charge in [-0.15, -0.1) is 0 Å². The second kappa shape index (κ2) is 4.05. The second-order valence-electron chi connectivity index (χ2n) is 3.90. The third-order valence-corrected chi connectivity index (χ3v) is 2.70. The molecule has 0 spiro atoms. The smallest absolute Gasteiger partial charge is 0.371 e. The van der Waals surface area contributed by atoms with Gasteiger partial charge in [0.05, 0.1) is 0 Å². The molecule has 0 fully saturated rings. The summed E-state index contributed by atoms with van der Waals surface area (Å²) in [6.45, 7) is 3.61. The van der Waals surface area contributed by atoms with E-state index in [0.717, 1.165) is 5.56 Å². The quantitative estimate of drug-likeness (QED) is 0.826. The molecule has 0 aliphatic heterocycles. The number of aryl methyl sites for hydroxylation is 1. The number of benzene rings is 1. The zero-order valence-corrected chi connectivity index (χ0v) is 9.61. The lowest BCUT2D eigenvalue weighted by Crippen LogP contribution is -1.99. The van der Waals surface area contributed by atoms with Crippen LogP contribution in [-0.2, 0) is 0 Å². The van der Waals surface area contributed by atoms with Crippen molar-refractivity contribution in [3.05, 3.63) is 35.1 Å². The van der Waals surface area contributed by atoms with Crippen LogP contribution >= 0.6 is 0 Å². The van der Waals surface area contributed by atoms with Crippen LogP contribution in [0.3, 0.4) is 0 Å². The Morgan fingerprint density at radius 1 is 1.29 bits per heavy atom. The maximum atomic E-state index is 11.7. The summed E-state index contributed by atoms with van der Waals surface area (Å²) in [5.41, 5.74) is 1.92. The summed E-state index contributed by atoms with van der Waals surface area (Å²) in [6, 6.07) is 4.82. The predicted octanol–water partition coefficient (Wildman–Crippen LogP) is 3.03. The molecule has 0 saturated heterocycles. The van der Waals surface area contributed by atoms with E-state index in [-0.39, 0.29) is 11.5 Å². The van der Waals surface area contributed by atoms with Gasteiger partial charge in [-0.2, -0.15) is 0 Å². The van der Waals surface area contributed by atoms with Gasteiger partial charge in [-0.3, -0.25) is 4.79 Å². The molecular weight excluding hydrogens is 220 g/mol. The second-order valence-corrected chi connectivity index (χ2v) is 3.90. The number of carbonyl (C=O) groups excluding carboxylic acids is 1. The van der Waals surface area contributed by atoms with Crippen molar-refractivity contribution < 1.29 is 19.1 Å². The van der Waals surface area contributed by atoms with E-state index in [0.29, 0.717) is 23.0 Å². The van der Waals surface area contributed by atoms with Gasteiger partial charge in [-0.05, 0) is 30.7 Å². The van der Waals surface area contributed by atoms with E-state index in [1.807, 2.05) is 6.92 Å². The molecule has 0 unspecified atom stereocenters. The Morgan fingerprint density at radius 3 is 2.59 bits per heavy atom. The van der Waals surface area contributed by atoms with Crippen molar-refractivity contribution in [1.29, 1.82) is 0 Å². The fourth-order valence-corrected chi connectivity index (χ4v) is 1.78. The molecule has 1 aromatic carbocycles. The van der Waals surface area contributed by atoms with E-state index in [4.69, 9.17) is 9.52 Å². The van der Waals surface area contributed by atoms with Gasteiger partial charge in [0.1, 0.15) is 5.58 Å². The summed E-state index contributed by atoms with van der Waals surface area (Å²) in [6.07, 6.45) is 0.427. The minimum absolute atomic E-state index is 0.0440. The van der Waals surface area contributed by atoms with Gasteiger partial charge in [0.25, 0.3) is 0 Å². The molecule has 0 atom stereocenters. The van der Waals surface area contributed by atoms with E-state index < -0.39 is 5.97 Å². The van der Waals surface area contributed by atoms with Crippen LogP contribution in [0.2, 0.25) is 0 Å². The van der Waals surface area contributed by atoms with Crippen molar-refractivity contribution in [3.8, 4) is 0 Å². The Balaban J connectivity index is 2.63. The van der Waals surface area contributed by atoms with Crippen LogP contribution < -0.4 is 0 Å². The van der Waals surface area contributed by atoms with Crippen LogP contribution in [0.4, 0.5) is 0 Å². The molecule has 4 nitrogen and oxygen atoms in total. The first-order valence-corrected chi connectivity index (χ1v) is 5.33. The molecule has 1 heterocycles. The minimum atomic E-state index is -1.11. The Bertz CT molecular complexity index is 607. The highest BCUT2D eigenvalue weighted by atomic mass is 16.4. The normalized spacial score (nSPS) is 10.7. The summed E-state index contributed by atoms with van der Waals surface area (Å²) < 4.78 is 5.17. The SMILES string of the molecule is CCC(=O)c1cc2cc(C(=O)O)oc2cc1C. The van der Waals surface area contributed by atoms with E-state index in [1.165, 1.54) is 6.07 Å². The Kier molecular flexibility index (Phi) is 2.71. The van der Waals surface area contributed by atoms with Crippen molar-refractivity contribution in [2.75, 3.05) is 0 Å². The van der Waals surface area contributed by atoms with Crippen LogP contribution in [0.1, 0.15) is 39.8 Å². The van der Waals surface area contributed by atoms with Gasteiger partial charge in [-0.25, -0.2) is 4.79 Å². The number of ketones is 1. The molecule has 0 aliphatic rings. The molecule has 1 aromatic heterocycles. The molecule has 17 heavy (non-hydrogen) atoms. The lowest BCUT2D eigenvalue weighted by atomic mass is 10.0. The van der Waals surface area contributed by atoms with Crippen molar-refractivity contribution in [1.82, 2.24) is 0 Å². The Labute approximate surface area is 97.8 Å². The van der Waals surface area contributed by atoms with Crippen LogP contribution in [0.25, 0.3) is 11.0 Å². The maximum absolute atomic E-state index is 11.7. The first kappa shape index (κ1) is 11.4. The van der Waals surface area contributed by atoms with Crippen LogP contribution in [0.5, 0.6) is 0 Å². The van der Waals surface area contributed by atoms with Crippen molar-refractivity contribution in [3.63, 3.8) is 0 Å². The Morgan fingerprint density at radius 2 is 2.00 bits per heavy atom. The van der Waals surface area contributed by atoms with E-state index >= 15 is 0 Å². The fourth-order valence-electron chi connectivity index (χ4n) is 1.78. The maximum Gasteiger partial charge on any atom is 0.371 e. The molecule has 2 rings (SSSR count). The highest BCUT2D eigenvalue weighted by Gasteiger charge is 2.14. The average Bonchev–Trinajstić information content (AvgIpc) is 2.69. The number of rotatable bonds is 3. The lowest BCUT2D eigenvalue weighted by molar-refractivity contribution is 0.0664. The molecule has 0 amide bonds. The summed E-state index contributed by atoms with van der Waals surface area (Å²) in [7, 11) is 0. The highest BCUT2D eigenvalue weighted by molar-refractivity contribution is 6.01. The van der Waals surface area contributed by atoms with Gasteiger partial charge in [0.15, 0.2) is 5.78 Å². The summed E-state index contributed by atoms with van der Waals surface area (Å²) in [4.78, 5) is 22.4. The van der Waals surface area contributed by atoms with Gasteiger partial charge < -0.3 is 9.52 Å². The van der Waals surface area contributed by atoms with Gasteiger partial charge in [-0.1, -0.05) is 6.92 Å². The number of carbonyl (C=O) groups is 2. The molecular formula is C13H12O4. The summed E-state index contributed by atoms with van der Waals surface area (Å²) >= 11 is 0. The van der Waals surface area contributed by atoms with Crippen LogP contribution in [0.15, 0.2) is 22.6 Å². The molecule has 88 valence electrons. The molecule has 0 bridgehead atoms. The molecule has 0 aliphatic carbocycles. The number of carboxylic acids is 1. The number of carboxylic acid groups (broad SMARTS) is 1. The van der Waals surface area contributed by atoms with Gasteiger partial charge in [0.2, 0.25) is 5.76 Å². The van der Waals surface area contributed by atoms with Gasteiger partial charge >= 0.3 is 5.97 Å². The molecule has 0 saturated carbocycles. The molecule has 0 radical (unpaired) electrons. The van der Waals surface area contributed by atoms with Crippen molar-refractivity contribution in [2.45, 2.75) is 20.3 Å².